The monoisotopic (exact) mass is 231 g/mol. The van der Waals surface area contributed by atoms with Crippen molar-refractivity contribution in [2.45, 2.75) is 25.9 Å². The maximum Gasteiger partial charge on any atom is 0.244 e. The van der Waals surface area contributed by atoms with E-state index in [9.17, 15) is 4.79 Å². The minimum atomic E-state index is -0.0440. The highest BCUT2D eigenvalue weighted by Crippen LogP contribution is 2.19. The number of amides is 1. The molecule has 1 unspecified atom stereocenters. The quantitative estimate of drug-likeness (QED) is 0.625. The number of carbonyl (C=O) groups excluding carboxylic acids is 1. The lowest BCUT2D eigenvalue weighted by atomic mass is 10.1. The second-order valence-corrected chi connectivity index (χ2v) is 4.27. The molecule has 3 heteroatoms. The Hall–Kier alpha value is -1.61. The lowest BCUT2D eigenvalue weighted by Gasteiger charge is -2.08. The number of rotatable bonds is 5. The van der Waals surface area contributed by atoms with Crippen LogP contribution in [0, 0.1) is 5.92 Å². The minimum Gasteiger partial charge on any atom is -0.273 e. The van der Waals surface area contributed by atoms with Crippen molar-refractivity contribution in [1.29, 1.82) is 0 Å². The van der Waals surface area contributed by atoms with Gasteiger partial charge in [0.15, 0.2) is 0 Å². The van der Waals surface area contributed by atoms with Crippen LogP contribution in [0.3, 0.4) is 0 Å². The predicted octanol–water partition coefficient (Wildman–Crippen LogP) is 2.59. The van der Waals surface area contributed by atoms with Gasteiger partial charge in [-0.2, -0.15) is 0 Å². The van der Waals surface area contributed by atoms with Crippen molar-refractivity contribution in [3.8, 4) is 0 Å². The van der Waals surface area contributed by atoms with Gasteiger partial charge in [0.25, 0.3) is 0 Å². The number of nitrogens with one attached hydrogen (secondary N) is 1. The molecule has 0 fully saturated rings. The van der Waals surface area contributed by atoms with Gasteiger partial charge in [0.1, 0.15) is 0 Å². The highest BCUT2D eigenvalue weighted by Gasteiger charge is 2.13. The van der Waals surface area contributed by atoms with E-state index in [0.717, 1.165) is 18.4 Å². The van der Waals surface area contributed by atoms with E-state index in [1.165, 1.54) is 0 Å². The van der Waals surface area contributed by atoms with E-state index in [0.29, 0.717) is 18.9 Å². The maximum absolute atomic E-state index is 11.5. The molecule has 1 amide bonds. The Morgan fingerprint density at radius 3 is 2.88 bits per heavy atom. The molecule has 0 saturated heterocycles. The van der Waals surface area contributed by atoms with Gasteiger partial charge in [-0.15, -0.1) is 0 Å². The Balaban J connectivity index is 1.64. The Morgan fingerprint density at radius 2 is 2.18 bits per heavy atom. The van der Waals surface area contributed by atoms with Gasteiger partial charge in [0.2, 0.25) is 5.91 Å². The third kappa shape index (κ3) is 4.04. The number of hydrogen-bond donors (Lipinski definition) is 1. The molecule has 1 aromatic rings. The summed E-state index contributed by atoms with van der Waals surface area (Å²) in [6, 6.07) is 9.78. The van der Waals surface area contributed by atoms with Gasteiger partial charge in [-0.1, -0.05) is 42.5 Å². The van der Waals surface area contributed by atoms with Gasteiger partial charge in [-0.3, -0.25) is 9.63 Å². The molecule has 0 radical (unpaired) electrons. The van der Waals surface area contributed by atoms with E-state index in [1.807, 2.05) is 30.3 Å². The number of hydroxylamine groups is 1. The zero-order valence-electron chi connectivity index (χ0n) is 9.76. The molecule has 0 bridgehead atoms. The average molecular weight is 231 g/mol. The summed E-state index contributed by atoms with van der Waals surface area (Å²) in [4.78, 5) is 16.7. The summed E-state index contributed by atoms with van der Waals surface area (Å²) in [6.45, 7) is 0.410. The van der Waals surface area contributed by atoms with E-state index >= 15 is 0 Å². The molecule has 0 aromatic heterocycles. The van der Waals surface area contributed by atoms with Crippen LogP contribution < -0.4 is 5.48 Å². The second-order valence-electron chi connectivity index (χ2n) is 4.27. The van der Waals surface area contributed by atoms with Crippen LogP contribution in [0.15, 0.2) is 42.5 Å². The zero-order valence-corrected chi connectivity index (χ0v) is 9.76. The van der Waals surface area contributed by atoms with Crippen LogP contribution in [0.25, 0.3) is 0 Å². The summed E-state index contributed by atoms with van der Waals surface area (Å²) in [7, 11) is 0. The molecule has 17 heavy (non-hydrogen) atoms. The standard InChI is InChI=1S/C14H17NO2/c16-14(10-12-6-4-5-7-12)15-17-11-13-8-2-1-3-9-13/h1-4,6,8-9,12H,5,7,10-11H2,(H,15,16). The summed E-state index contributed by atoms with van der Waals surface area (Å²) in [6.07, 6.45) is 6.92. The summed E-state index contributed by atoms with van der Waals surface area (Å²) >= 11 is 0. The highest BCUT2D eigenvalue weighted by molar-refractivity contribution is 5.75. The third-order valence-electron chi connectivity index (χ3n) is 2.83. The van der Waals surface area contributed by atoms with Gasteiger partial charge in [-0.05, 0) is 24.3 Å². The van der Waals surface area contributed by atoms with Crippen molar-refractivity contribution in [3.63, 3.8) is 0 Å². The zero-order chi connectivity index (χ0) is 11.9. The van der Waals surface area contributed by atoms with E-state index in [1.54, 1.807) is 0 Å². The van der Waals surface area contributed by atoms with E-state index in [2.05, 4.69) is 17.6 Å². The van der Waals surface area contributed by atoms with Crippen molar-refractivity contribution >= 4 is 5.91 Å². The molecule has 90 valence electrons. The maximum atomic E-state index is 11.5. The average Bonchev–Trinajstić information content (AvgIpc) is 2.83. The first-order chi connectivity index (χ1) is 8.34. The van der Waals surface area contributed by atoms with E-state index < -0.39 is 0 Å². The van der Waals surface area contributed by atoms with Gasteiger partial charge in [0.05, 0.1) is 6.61 Å². The molecule has 1 aliphatic rings. The third-order valence-corrected chi connectivity index (χ3v) is 2.83. The lowest BCUT2D eigenvalue weighted by Crippen LogP contribution is -2.25. The lowest BCUT2D eigenvalue weighted by molar-refractivity contribution is -0.135. The first-order valence-corrected chi connectivity index (χ1v) is 5.96. The number of carbonyl (C=O) groups is 1. The Kier molecular flexibility index (Phi) is 4.33. The van der Waals surface area contributed by atoms with Gasteiger partial charge < -0.3 is 0 Å². The first kappa shape index (κ1) is 11.9. The topological polar surface area (TPSA) is 38.3 Å². The molecule has 1 N–H and O–H groups in total. The largest absolute Gasteiger partial charge is 0.273 e. The van der Waals surface area contributed by atoms with Gasteiger partial charge in [0, 0.05) is 6.42 Å². The molecule has 0 heterocycles. The highest BCUT2D eigenvalue weighted by atomic mass is 16.6. The minimum absolute atomic E-state index is 0.0440. The Labute approximate surface area is 101 Å². The molecule has 1 aliphatic carbocycles. The first-order valence-electron chi connectivity index (χ1n) is 5.96. The second kappa shape index (κ2) is 6.21. The normalized spacial score (nSPS) is 18.2. The van der Waals surface area contributed by atoms with Crippen LogP contribution in [0.2, 0.25) is 0 Å². The summed E-state index contributed by atoms with van der Waals surface area (Å²) in [5.74, 6) is 0.341. The fourth-order valence-corrected chi connectivity index (χ4v) is 1.92. The van der Waals surface area contributed by atoms with Crippen LogP contribution in [-0.2, 0) is 16.2 Å². The fraction of sp³-hybridized carbons (Fsp3) is 0.357. The molecule has 2 rings (SSSR count). The van der Waals surface area contributed by atoms with Crippen LogP contribution in [0.4, 0.5) is 0 Å². The molecule has 0 spiro atoms. The number of hydrogen-bond acceptors (Lipinski definition) is 2. The predicted molar refractivity (Wildman–Crippen MR) is 65.9 cm³/mol. The summed E-state index contributed by atoms with van der Waals surface area (Å²) in [5.41, 5.74) is 3.53. The van der Waals surface area contributed by atoms with Crippen molar-refractivity contribution in [1.82, 2.24) is 5.48 Å². The van der Waals surface area contributed by atoms with Crippen LogP contribution in [-0.4, -0.2) is 5.91 Å². The van der Waals surface area contributed by atoms with Crippen molar-refractivity contribution in [2.24, 2.45) is 5.92 Å². The fourth-order valence-electron chi connectivity index (χ4n) is 1.92. The van der Waals surface area contributed by atoms with Crippen LogP contribution in [0.5, 0.6) is 0 Å². The summed E-state index contributed by atoms with van der Waals surface area (Å²) < 4.78 is 0. The number of allylic oxidation sites excluding steroid dienone is 2. The molecule has 1 atom stereocenters. The summed E-state index contributed by atoms with van der Waals surface area (Å²) in [5, 5.41) is 0. The van der Waals surface area contributed by atoms with E-state index in [-0.39, 0.29) is 5.91 Å². The molecule has 0 saturated carbocycles. The van der Waals surface area contributed by atoms with Crippen LogP contribution >= 0.6 is 0 Å². The Morgan fingerprint density at radius 1 is 1.35 bits per heavy atom. The molecule has 3 nitrogen and oxygen atoms in total. The molecule has 1 aromatic carbocycles. The van der Waals surface area contributed by atoms with Gasteiger partial charge >= 0.3 is 0 Å². The van der Waals surface area contributed by atoms with Crippen molar-refractivity contribution in [2.75, 3.05) is 0 Å². The Bertz CT molecular complexity index is 386. The number of benzene rings is 1. The smallest absolute Gasteiger partial charge is 0.244 e. The van der Waals surface area contributed by atoms with Crippen molar-refractivity contribution < 1.29 is 9.63 Å². The van der Waals surface area contributed by atoms with Gasteiger partial charge in [-0.25, -0.2) is 5.48 Å². The SMILES string of the molecule is O=C(CC1C=CCC1)NOCc1ccccc1. The van der Waals surface area contributed by atoms with Crippen molar-refractivity contribution in [3.05, 3.63) is 48.0 Å². The molecular weight excluding hydrogens is 214 g/mol. The van der Waals surface area contributed by atoms with E-state index in [4.69, 9.17) is 4.84 Å². The molecule has 0 aliphatic heterocycles. The molecular formula is C14H17NO2. The van der Waals surface area contributed by atoms with Crippen LogP contribution in [0.1, 0.15) is 24.8 Å².